The molecule has 98 valence electrons. The highest BCUT2D eigenvalue weighted by Gasteiger charge is 2.24. The molecule has 1 fully saturated rings. The lowest BCUT2D eigenvalue weighted by atomic mass is 9.92. The van der Waals surface area contributed by atoms with Crippen molar-refractivity contribution in [1.82, 2.24) is 5.32 Å². The van der Waals surface area contributed by atoms with E-state index in [1.807, 2.05) is 30.3 Å². The van der Waals surface area contributed by atoms with Crippen molar-refractivity contribution in [3.63, 3.8) is 0 Å². The molecule has 3 nitrogen and oxygen atoms in total. The third-order valence-corrected chi connectivity index (χ3v) is 3.56. The number of hydrogen-bond acceptors (Lipinski definition) is 2. The van der Waals surface area contributed by atoms with Crippen LogP contribution < -0.4 is 5.32 Å². The van der Waals surface area contributed by atoms with Gasteiger partial charge in [0, 0.05) is 6.42 Å². The summed E-state index contributed by atoms with van der Waals surface area (Å²) in [5.74, 6) is 0.0461. The Morgan fingerprint density at radius 2 is 1.94 bits per heavy atom. The van der Waals surface area contributed by atoms with Crippen molar-refractivity contribution < 1.29 is 9.90 Å². The summed E-state index contributed by atoms with van der Waals surface area (Å²) in [6, 6.07) is 9.96. The highest BCUT2D eigenvalue weighted by Crippen LogP contribution is 2.18. The standard InChI is InChI=1S/C15H21NO2/c17-14-9-5-4-8-13(14)16-15(18)11-10-12-6-2-1-3-7-12/h1-3,6-7,13-14,17H,4-5,8-11H2,(H,16,18). The summed E-state index contributed by atoms with van der Waals surface area (Å²) >= 11 is 0. The molecule has 1 aromatic rings. The number of carbonyl (C=O) groups excluding carboxylic acids is 1. The van der Waals surface area contributed by atoms with E-state index in [1.165, 1.54) is 5.56 Å². The number of nitrogens with one attached hydrogen (secondary N) is 1. The lowest BCUT2D eigenvalue weighted by molar-refractivity contribution is -0.123. The third-order valence-electron chi connectivity index (χ3n) is 3.56. The second-order valence-electron chi connectivity index (χ2n) is 5.01. The van der Waals surface area contributed by atoms with Gasteiger partial charge in [-0.25, -0.2) is 0 Å². The molecular weight excluding hydrogens is 226 g/mol. The van der Waals surface area contributed by atoms with E-state index in [0.29, 0.717) is 6.42 Å². The second kappa shape index (κ2) is 6.55. The maximum Gasteiger partial charge on any atom is 0.220 e. The Labute approximate surface area is 108 Å². The van der Waals surface area contributed by atoms with E-state index in [-0.39, 0.29) is 18.1 Å². The molecule has 0 aliphatic heterocycles. The molecule has 0 saturated heterocycles. The first-order valence-corrected chi connectivity index (χ1v) is 6.77. The monoisotopic (exact) mass is 247 g/mol. The van der Waals surface area contributed by atoms with E-state index in [2.05, 4.69) is 5.32 Å². The first-order valence-electron chi connectivity index (χ1n) is 6.77. The van der Waals surface area contributed by atoms with Gasteiger partial charge in [-0.1, -0.05) is 43.2 Å². The maximum absolute atomic E-state index is 11.8. The minimum absolute atomic E-state index is 0.0398. The van der Waals surface area contributed by atoms with Crippen molar-refractivity contribution in [3.8, 4) is 0 Å². The van der Waals surface area contributed by atoms with Crippen molar-refractivity contribution in [2.24, 2.45) is 0 Å². The highest BCUT2D eigenvalue weighted by molar-refractivity contribution is 5.76. The van der Waals surface area contributed by atoms with Gasteiger partial charge in [0.05, 0.1) is 12.1 Å². The Kier molecular flexibility index (Phi) is 4.76. The molecular formula is C15H21NO2. The van der Waals surface area contributed by atoms with Gasteiger partial charge in [-0.2, -0.15) is 0 Å². The summed E-state index contributed by atoms with van der Waals surface area (Å²) in [5.41, 5.74) is 1.18. The molecule has 2 rings (SSSR count). The lowest BCUT2D eigenvalue weighted by Gasteiger charge is -2.28. The number of aryl methyl sites for hydroxylation is 1. The molecule has 2 N–H and O–H groups in total. The number of aliphatic hydroxyl groups excluding tert-OH is 1. The van der Waals surface area contributed by atoms with Crippen LogP contribution in [0.1, 0.15) is 37.7 Å². The molecule has 1 aromatic carbocycles. The van der Waals surface area contributed by atoms with E-state index in [0.717, 1.165) is 32.1 Å². The average Bonchev–Trinajstić information content (AvgIpc) is 2.40. The van der Waals surface area contributed by atoms with Crippen LogP contribution in [0.2, 0.25) is 0 Å². The number of aliphatic hydroxyl groups is 1. The van der Waals surface area contributed by atoms with Crippen LogP contribution in [0.4, 0.5) is 0 Å². The van der Waals surface area contributed by atoms with Gasteiger partial charge in [0.1, 0.15) is 0 Å². The van der Waals surface area contributed by atoms with Gasteiger partial charge in [0.25, 0.3) is 0 Å². The minimum atomic E-state index is -0.362. The highest BCUT2D eigenvalue weighted by atomic mass is 16.3. The van der Waals surface area contributed by atoms with E-state index in [1.54, 1.807) is 0 Å². The van der Waals surface area contributed by atoms with Gasteiger partial charge in [-0.3, -0.25) is 4.79 Å². The zero-order valence-corrected chi connectivity index (χ0v) is 10.6. The van der Waals surface area contributed by atoms with E-state index in [4.69, 9.17) is 0 Å². The summed E-state index contributed by atoms with van der Waals surface area (Å²) in [5, 5.41) is 12.7. The Morgan fingerprint density at radius 3 is 2.67 bits per heavy atom. The summed E-state index contributed by atoms with van der Waals surface area (Å²) < 4.78 is 0. The zero-order chi connectivity index (χ0) is 12.8. The fourth-order valence-corrected chi connectivity index (χ4v) is 2.46. The SMILES string of the molecule is O=C(CCc1ccccc1)NC1CCCCC1O. The predicted octanol–water partition coefficient (Wildman–Crippen LogP) is 2.04. The molecule has 2 atom stereocenters. The van der Waals surface area contributed by atoms with Gasteiger partial charge in [-0.05, 0) is 24.8 Å². The van der Waals surface area contributed by atoms with Gasteiger partial charge >= 0.3 is 0 Å². The van der Waals surface area contributed by atoms with Crippen LogP contribution in [-0.2, 0) is 11.2 Å². The Hall–Kier alpha value is -1.35. The van der Waals surface area contributed by atoms with Crippen molar-refractivity contribution in [3.05, 3.63) is 35.9 Å². The van der Waals surface area contributed by atoms with Crippen LogP contribution in [0.25, 0.3) is 0 Å². The summed E-state index contributed by atoms with van der Waals surface area (Å²) in [4.78, 5) is 11.8. The fourth-order valence-electron chi connectivity index (χ4n) is 2.46. The second-order valence-corrected chi connectivity index (χ2v) is 5.01. The topological polar surface area (TPSA) is 49.3 Å². The molecule has 1 aliphatic carbocycles. The third kappa shape index (κ3) is 3.84. The van der Waals surface area contributed by atoms with E-state index < -0.39 is 0 Å². The number of hydrogen-bond donors (Lipinski definition) is 2. The fraction of sp³-hybridized carbons (Fsp3) is 0.533. The molecule has 1 amide bonds. The first kappa shape index (κ1) is 13.1. The summed E-state index contributed by atoms with van der Waals surface area (Å²) in [6.45, 7) is 0. The van der Waals surface area contributed by atoms with Gasteiger partial charge in [0.15, 0.2) is 0 Å². The quantitative estimate of drug-likeness (QED) is 0.855. The van der Waals surface area contributed by atoms with Crippen molar-refractivity contribution in [2.75, 3.05) is 0 Å². The molecule has 0 spiro atoms. The van der Waals surface area contributed by atoms with Crippen LogP contribution in [-0.4, -0.2) is 23.2 Å². The normalized spacial score (nSPS) is 23.6. The largest absolute Gasteiger partial charge is 0.391 e. The zero-order valence-electron chi connectivity index (χ0n) is 10.6. The molecule has 18 heavy (non-hydrogen) atoms. The summed E-state index contributed by atoms with van der Waals surface area (Å²) in [7, 11) is 0. The number of amides is 1. The Morgan fingerprint density at radius 1 is 1.22 bits per heavy atom. The molecule has 0 heterocycles. The van der Waals surface area contributed by atoms with E-state index >= 15 is 0 Å². The van der Waals surface area contributed by atoms with Crippen LogP contribution in [0.15, 0.2) is 30.3 Å². The smallest absolute Gasteiger partial charge is 0.220 e. The summed E-state index contributed by atoms with van der Waals surface area (Å²) in [6.07, 6.45) is 4.77. The Balaban J connectivity index is 1.75. The van der Waals surface area contributed by atoms with E-state index in [9.17, 15) is 9.90 Å². The number of carbonyl (C=O) groups is 1. The maximum atomic E-state index is 11.8. The van der Waals surface area contributed by atoms with Crippen molar-refractivity contribution in [2.45, 2.75) is 50.7 Å². The van der Waals surface area contributed by atoms with Crippen molar-refractivity contribution in [1.29, 1.82) is 0 Å². The number of rotatable bonds is 4. The van der Waals surface area contributed by atoms with Gasteiger partial charge in [0.2, 0.25) is 5.91 Å². The van der Waals surface area contributed by atoms with Gasteiger partial charge in [-0.15, -0.1) is 0 Å². The lowest BCUT2D eigenvalue weighted by Crippen LogP contribution is -2.45. The predicted molar refractivity (Wildman–Crippen MR) is 71.2 cm³/mol. The Bertz CT molecular complexity index is 377. The van der Waals surface area contributed by atoms with Crippen LogP contribution in [0.3, 0.4) is 0 Å². The van der Waals surface area contributed by atoms with Crippen LogP contribution in [0.5, 0.6) is 0 Å². The molecule has 2 unspecified atom stereocenters. The molecule has 3 heteroatoms. The van der Waals surface area contributed by atoms with Gasteiger partial charge < -0.3 is 10.4 Å². The average molecular weight is 247 g/mol. The molecule has 0 radical (unpaired) electrons. The minimum Gasteiger partial charge on any atom is -0.391 e. The molecule has 1 aliphatic rings. The van der Waals surface area contributed by atoms with Crippen LogP contribution in [0, 0.1) is 0 Å². The molecule has 0 aromatic heterocycles. The molecule has 1 saturated carbocycles. The van der Waals surface area contributed by atoms with Crippen LogP contribution >= 0.6 is 0 Å². The number of benzene rings is 1. The van der Waals surface area contributed by atoms with Crippen molar-refractivity contribution >= 4 is 5.91 Å². The first-order chi connectivity index (χ1) is 8.75. The molecule has 0 bridgehead atoms.